The Morgan fingerprint density at radius 1 is 1.16 bits per heavy atom. The van der Waals surface area contributed by atoms with Crippen molar-refractivity contribution in [2.75, 3.05) is 13.2 Å². The highest BCUT2D eigenvalue weighted by Gasteiger charge is 2.05. The molecule has 3 heteroatoms. The quantitative estimate of drug-likeness (QED) is 0.642. The van der Waals surface area contributed by atoms with Crippen molar-refractivity contribution in [2.24, 2.45) is 0 Å². The van der Waals surface area contributed by atoms with Crippen LogP contribution in [0.4, 0.5) is 4.39 Å². The number of rotatable bonds is 10. The molecular weight excluding hydrogens is 243 g/mol. The van der Waals surface area contributed by atoms with Gasteiger partial charge in [0.25, 0.3) is 0 Å². The average molecular weight is 268 g/mol. The number of aryl methyl sites for hydroxylation is 1. The molecule has 1 aromatic carbocycles. The molecule has 0 fully saturated rings. The third-order valence-electron chi connectivity index (χ3n) is 3.11. The van der Waals surface area contributed by atoms with Gasteiger partial charge in [0.05, 0.1) is 6.61 Å². The third-order valence-corrected chi connectivity index (χ3v) is 3.11. The van der Waals surface area contributed by atoms with Crippen LogP contribution in [0.5, 0.6) is 5.75 Å². The molecule has 0 saturated heterocycles. The fraction of sp³-hybridized carbons (Fsp3) is 0.625. The van der Waals surface area contributed by atoms with Crippen molar-refractivity contribution < 1.29 is 14.2 Å². The van der Waals surface area contributed by atoms with E-state index >= 15 is 0 Å². The Bertz CT molecular complexity index is 324. The van der Waals surface area contributed by atoms with Gasteiger partial charge in [-0.1, -0.05) is 38.3 Å². The summed E-state index contributed by atoms with van der Waals surface area (Å²) in [5, 5.41) is 9.15. The van der Waals surface area contributed by atoms with Gasteiger partial charge >= 0.3 is 0 Å². The maximum absolute atomic E-state index is 13.4. The number of phenolic OH excluding ortho intramolecular Hbond substituents is 1. The molecule has 0 aliphatic rings. The van der Waals surface area contributed by atoms with Gasteiger partial charge < -0.3 is 9.84 Å². The van der Waals surface area contributed by atoms with Crippen molar-refractivity contribution in [2.45, 2.75) is 51.6 Å². The minimum atomic E-state index is -0.819. The fourth-order valence-corrected chi connectivity index (χ4v) is 1.95. The Labute approximate surface area is 115 Å². The van der Waals surface area contributed by atoms with Gasteiger partial charge in [0.15, 0.2) is 0 Å². The van der Waals surface area contributed by atoms with Gasteiger partial charge in [0, 0.05) is 6.61 Å². The van der Waals surface area contributed by atoms with Crippen molar-refractivity contribution in [3.05, 3.63) is 29.8 Å². The van der Waals surface area contributed by atoms with Gasteiger partial charge in [-0.2, -0.15) is 0 Å². The first kappa shape index (κ1) is 16.0. The number of ether oxygens (including phenoxy) is 1. The van der Waals surface area contributed by atoms with E-state index in [9.17, 15) is 4.39 Å². The van der Waals surface area contributed by atoms with Crippen LogP contribution in [0.25, 0.3) is 0 Å². The maximum atomic E-state index is 13.4. The molecule has 2 nitrogen and oxygen atoms in total. The molecule has 1 atom stereocenters. The maximum Gasteiger partial charge on any atom is 0.123 e. The van der Waals surface area contributed by atoms with Crippen molar-refractivity contribution in [3.63, 3.8) is 0 Å². The summed E-state index contributed by atoms with van der Waals surface area (Å²) in [5.41, 5.74) is 1.17. The van der Waals surface area contributed by atoms with E-state index in [0.29, 0.717) is 13.0 Å². The highest BCUT2D eigenvalue weighted by atomic mass is 19.1. The largest absolute Gasteiger partial charge is 0.508 e. The van der Waals surface area contributed by atoms with E-state index in [0.717, 1.165) is 32.1 Å². The zero-order valence-electron chi connectivity index (χ0n) is 11.8. The second-order valence-corrected chi connectivity index (χ2v) is 4.94. The van der Waals surface area contributed by atoms with Crippen molar-refractivity contribution in [3.8, 4) is 5.75 Å². The lowest BCUT2D eigenvalue weighted by Crippen LogP contribution is -2.11. The number of aromatic hydroxyl groups is 1. The summed E-state index contributed by atoms with van der Waals surface area (Å²) in [5.74, 6) is 0.285. The molecule has 108 valence electrons. The van der Waals surface area contributed by atoms with Gasteiger partial charge in [-0.25, -0.2) is 4.39 Å². The molecule has 0 heterocycles. The minimum absolute atomic E-state index is 0.222. The second kappa shape index (κ2) is 9.79. The lowest BCUT2D eigenvalue weighted by molar-refractivity contribution is 0.0747. The monoisotopic (exact) mass is 268 g/mol. The Hall–Kier alpha value is -1.09. The van der Waals surface area contributed by atoms with Crippen LogP contribution in [0, 0.1) is 0 Å². The first-order valence-corrected chi connectivity index (χ1v) is 7.22. The zero-order valence-corrected chi connectivity index (χ0v) is 11.8. The molecule has 0 amide bonds. The second-order valence-electron chi connectivity index (χ2n) is 4.94. The van der Waals surface area contributed by atoms with Crippen molar-refractivity contribution in [1.82, 2.24) is 0 Å². The number of hydrogen-bond acceptors (Lipinski definition) is 2. The molecule has 0 spiro atoms. The van der Waals surface area contributed by atoms with Crippen LogP contribution >= 0.6 is 0 Å². The van der Waals surface area contributed by atoms with Crippen LogP contribution in [0.1, 0.15) is 44.6 Å². The molecule has 1 N–H and O–H groups in total. The van der Waals surface area contributed by atoms with Gasteiger partial charge in [-0.3, -0.25) is 0 Å². The minimum Gasteiger partial charge on any atom is -0.508 e. The number of halogens is 1. The van der Waals surface area contributed by atoms with E-state index in [4.69, 9.17) is 9.84 Å². The van der Waals surface area contributed by atoms with E-state index in [-0.39, 0.29) is 12.4 Å². The fourth-order valence-electron chi connectivity index (χ4n) is 1.95. The SMILES string of the molecule is CCCCC[C@H](F)COCCCc1ccc(O)cc1. The Balaban J connectivity index is 2.00. The average Bonchev–Trinajstić information content (AvgIpc) is 2.41. The van der Waals surface area contributed by atoms with Gasteiger partial charge in [0.2, 0.25) is 0 Å². The molecule has 0 aliphatic heterocycles. The molecule has 0 radical (unpaired) electrons. The smallest absolute Gasteiger partial charge is 0.123 e. The predicted octanol–water partition coefficient (Wildman–Crippen LogP) is 4.26. The molecule has 1 rings (SSSR count). The Morgan fingerprint density at radius 2 is 1.89 bits per heavy atom. The first-order valence-electron chi connectivity index (χ1n) is 7.22. The highest BCUT2D eigenvalue weighted by Crippen LogP contribution is 2.11. The van der Waals surface area contributed by atoms with Crippen LogP contribution in [-0.4, -0.2) is 24.5 Å². The van der Waals surface area contributed by atoms with E-state index in [2.05, 4.69) is 6.92 Å². The van der Waals surface area contributed by atoms with E-state index in [1.54, 1.807) is 12.1 Å². The summed E-state index contributed by atoms with van der Waals surface area (Å²) in [6, 6.07) is 7.17. The summed E-state index contributed by atoms with van der Waals surface area (Å²) in [4.78, 5) is 0. The number of phenols is 1. The van der Waals surface area contributed by atoms with Gasteiger partial charge in [-0.05, 0) is 37.0 Å². The van der Waals surface area contributed by atoms with Crippen LogP contribution in [0.2, 0.25) is 0 Å². The Kier molecular flexibility index (Phi) is 8.23. The van der Waals surface area contributed by atoms with Gasteiger partial charge in [-0.15, -0.1) is 0 Å². The van der Waals surface area contributed by atoms with E-state index < -0.39 is 6.17 Å². The normalized spacial score (nSPS) is 12.5. The molecular formula is C16H25FO2. The van der Waals surface area contributed by atoms with Crippen molar-refractivity contribution in [1.29, 1.82) is 0 Å². The van der Waals surface area contributed by atoms with E-state index in [1.165, 1.54) is 5.56 Å². The van der Waals surface area contributed by atoms with E-state index in [1.807, 2.05) is 12.1 Å². The molecule has 19 heavy (non-hydrogen) atoms. The summed E-state index contributed by atoms with van der Waals surface area (Å²) < 4.78 is 18.7. The first-order chi connectivity index (χ1) is 9.22. The summed E-state index contributed by atoms with van der Waals surface area (Å²) in [7, 11) is 0. The summed E-state index contributed by atoms with van der Waals surface area (Å²) >= 11 is 0. The number of alkyl halides is 1. The van der Waals surface area contributed by atoms with Crippen LogP contribution < -0.4 is 0 Å². The summed E-state index contributed by atoms with van der Waals surface area (Å²) in [6.45, 7) is 2.93. The number of hydrogen-bond donors (Lipinski definition) is 1. The molecule has 0 saturated carbocycles. The number of benzene rings is 1. The molecule has 0 unspecified atom stereocenters. The topological polar surface area (TPSA) is 29.5 Å². The predicted molar refractivity (Wildman–Crippen MR) is 76.3 cm³/mol. The summed E-state index contributed by atoms with van der Waals surface area (Å²) in [6.07, 6.45) is 4.75. The number of unbranched alkanes of at least 4 members (excludes halogenated alkanes) is 2. The van der Waals surface area contributed by atoms with Gasteiger partial charge in [0.1, 0.15) is 11.9 Å². The molecule has 1 aromatic rings. The van der Waals surface area contributed by atoms with Crippen LogP contribution in [-0.2, 0) is 11.2 Å². The molecule has 0 aromatic heterocycles. The highest BCUT2D eigenvalue weighted by molar-refractivity contribution is 5.25. The molecule has 0 bridgehead atoms. The zero-order chi connectivity index (χ0) is 13.9. The lowest BCUT2D eigenvalue weighted by atomic mass is 10.1. The standard InChI is InChI=1S/C16H25FO2/c1-2-3-4-7-15(17)13-19-12-5-6-14-8-10-16(18)11-9-14/h8-11,15,18H,2-7,12-13H2,1H3/t15-/m0/s1. The molecule has 0 aliphatic carbocycles. The van der Waals surface area contributed by atoms with Crippen molar-refractivity contribution >= 4 is 0 Å². The van der Waals surface area contributed by atoms with Crippen LogP contribution in [0.3, 0.4) is 0 Å². The van der Waals surface area contributed by atoms with Crippen LogP contribution in [0.15, 0.2) is 24.3 Å². The lowest BCUT2D eigenvalue weighted by Gasteiger charge is -2.09. The third kappa shape index (κ3) is 7.83. The Morgan fingerprint density at radius 3 is 2.58 bits per heavy atom.